The Labute approximate surface area is 172 Å². The average molecular weight is 381 g/mol. The van der Waals surface area contributed by atoms with Gasteiger partial charge >= 0.3 is 0 Å². The fourth-order valence-corrected chi connectivity index (χ4v) is 4.01. The SMILES string of the molecule is CCCCCCCCCCCCCCCCCCCCCCCCCC=O. The molecule has 0 amide bonds. The van der Waals surface area contributed by atoms with Gasteiger partial charge in [-0.05, 0) is 6.42 Å². The van der Waals surface area contributed by atoms with Gasteiger partial charge in [-0.15, -0.1) is 0 Å². The quantitative estimate of drug-likeness (QED) is 0.120. The third-order valence-corrected chi connectivity index (χ3v) is 5.93. The Bertz CT molecular complexity index is 261. The van der Waals surface area contributed by atoms with Crippen LogP contribution in [-0.2, 0) is 4.79 Å². The fraction of sp³-hybridized carbons (Fsp3) is 0.962. The van der Waals surface area contributed by atoms with Crippen molar-refractivity contribution in [2.75, 3.05) is 0 Å². The largest absolute Gasteiger partial charge is 0.303 e. The zero-order valence-electron chi connectivity index (χ0n) is 19.0. The summed E-state index contributed by atoms with van der Waals surface area (Å²) in [6, 6.07) is 0. The number of carbonyl (C=O) groups excluding carboxylic acids is 1. The maximum absolute atomic E-state index is 10.2. The smallest absolute Gasteiger partial charge is 0.119 e. The first kappa shape index (κ1) is 26.7. The van der Waals surface area contributed by atoms with Crippen molar-refractivity contribution in [3.05, 3.63) is 0 Å². The van der Waals surface area contributed by atoms with E-state index in [-0.39, 0.29) is 0 Å². The first-order valence-electron chi connectivity index (χ1n) is 12.9. The van der Waals surface area contributed by atoms with Gasteiger partial charge in [0, 0.05) is 6.42 Å². The molecule has 0 bridgehead atoms. The van der Waals surface area contributed by atoms with E-state index in [0.717, 1.165) is 19.1 Å². The van der Waals surface area contributed by atoms with E-state index in [2.05, 4.69) is 6.92 Å². The predicted octanol–water partition coefficient (Wildman–Crippen LogP) is 9.57. The molecular weight excluding hydrogens is 328 g/mol. The molecule has 1 heteroatoms. The van der Waals surface area contributed by atoms with Crippen LogP contribution in [0.4, 0.5) is 0 Å². The van der Waals surface area contributed by atoms with E-state index in [1.165, 1.54) is 141 Å². The highest BCUT2D eigenvalue weighted by Crippen LogP contribution is 2.15. The van der Waals surface area contributed by atoms with Gasteiger partial charge in [-0.2, -0.15) is 0 Å². The third kappa shape index (κ3) is 25.7. The molecule has 0 aliphatic heterocycles. The van der Waals surface area contributed by atoms with Crippen LogP contribution in [0.5, 0.6) is 0 Å². The normalized spacial score (nSPS) is 11.1. The molecule has 0 saturated heterocycles. The summed E-state index contributed by atoms with van der Waals surface area (Å²) in [6.07, 6.45) is 34.5. The van der Waals surface area contributed by atoms with E-state index in [0.29, 0.717) is 0 Å². The maximum atomic E-state index is 10.2. The predicted molar refractivity (Wildman–Crippen MR) is 123 cm³/mol. The molecule has 0 rings (SSSR count). The first-order valence-corrected chi connectivity index (χ1v) is 12.9. The monoisotopic (exact) mass is 380 g/mol. The molecule has 1 nitrogen and oxygen atoms in total. The molecule has 0 aromatic carbocycles. The van der Waals surface area contributed by atoms with E-state index in [1.807, 2.05) is 0 Å². The lowest BCUT2D eigenvalue weighted by molar-refractivity contribution is -0.107. The first-order chi connectivity index (χ1) is 13.4. The summed E-state index contributed by atoms with van der Waals surface area (Å²) in [5.74, 6) is 0. The van der Waals surface area contributed by atoms with Gasteiger partial charge in [0.2, 0.25) is 0 Å². The maximum Gasteiger partial charge on any atom is 0.119 e. The fourth-order valence-electron chi connectivity index (χ4n) is 4.01. The van der Waals surface area contributed by atoms with Crippen molar-refractivity contribution in [2.45, 2.75) is 161 Å². The number of unbranched alkanes of at least 4 members (excludes halogenated alkanes) is 23. The second-order valence-corrected chi connectivity index (χ2v) is 8.73. The summed E-state index contributed by atoms with van der Waals surface area (Å²) < 4.78 is 0. The molecule has 0 radical (unpaired) electrons. The number of hydrogen-bond donors (Lipinski definition) is 0. The highest BCUT2D eigenvalue weighted by molar-refractivity contribution is 5.48. The summed E-state index contributed by atoms with van der Waals surface area (Å²) in [4.78, 5) is 10.2. The summed E-state index contributed by atoms with van der Waals surface area (Å²) in [6.45, 7) is 2.30. The molecule has 0 unspecified atom stereocenters. The van der Waals surface area contributed by atoms with E-state index >= 15 is 0 Å². The zero-order valence-corrected chi connectivity index (χ0v) is 19.0. The minimum Gasteiger partial charge on any atom is -0.303 e. The van der Waals surface area contributed by atoms with Crippen molar-refractivity contribution in [1.82, 2.24) is 0 Å². The van der Waals surface area contributed by atoms with Crippen LogP contribution in [0, 0.1) is 0 Å². The molecule has 27 heavy (non-hydrogen) atoms. The molecule has 0 aliphatic rings. The van der Waals surface area contributed by atoms with Gasteiger partial charge in [0.25, 0.3) is 0 Å². The van der Waals surface area contributed by atoms with Gasteiger partial charge in [-0.25, -0.2) is 0 Å². The van der Waals surface area contributed by atoms with Crippen LogP contribution in [0.2, 0.25) is 0 Å². The summed E-state index contributed by atoms with van der Waals surface area (Å²) >= 11 is 0. The minimum atomic E-state index is 0.763. The Morgan fingerprint density at radius 3 is 0.815 bits per heavy atom. The van der Waals surface area contributed by atoms with Crippen molar-refractivity contribution in [3.8, 4) is 0 Å². The number of carbonyl (C=O) groups is 1. The molecule has 0 heterocycles. The van der Waals surface area contributed by atoms with Gasteiger partial charge in [-0.3, -0.25) is 0 Å². The zero-order chi connectivity index (χ0) is 19.7. The van der Waals surface area contributed by atoms with Crippen LogP contribution in [0.15, 0.2) is 0 Å². The van der Waals surface area contributed by atoms with Crippen LogP contribution in [0.3, 0.4) is 0 Å². The van der Waals surface area contributed by atoms with Crippen molar-refractivity contribution >= 4 is 6.29 Å². The van der Waals surface area contributed by atoms with Crippen molar-refractivity contribution in [1.29, 1.82) is 0 Å². The molecule has 0 aliphatic carbocycles. The Balaban J connectivity index is 2.96. The molecule has 0 fully saturated rings. The summed E-state index contributed by atoms with van der Waals surface area (Å²) in [7, 11) is 0. The lowest BCUT2D eigenvalue weighted by Gasteiger charge is -2.04. The Kier molecular flexibility index (Phi) is 25.4. The van der Waals surface area contributed by atoms with E-state index < -0.39 is 0 Å². The molecule has 0 aromatic heterocycles. The van der Waals surface area contributed by atoms with E-state index in [9.17, 15) is 4.79 Å². The molecule has 162 valence electrons. The number of hydrogen-bond acceptors (Lipinski definition) is 1. The van der Waals surface area contributed by atoms with Gasteiger partial charge in [0.05, 0.1) is 0 Å². The highest BCUT2D eigenvalue weighted by Gasteiger charge is 1.95. The molecule has 0 N–H and O–H groups in total. The van der Waals surface area contributed by atoms with Gasteiger partial charge < -0.3 is 4.79 Å². The van der Waals surface area contributed by atoms with Gasteiger partial charge in [0.15, 0.2) is 0 Å². The van der Waals surface area contributed by atoms with Crippen LogP contribution < -0.4 is 0 Å². The van der Waals surface area contributed by atoms with Gasteiger partial charge in [0.1, 0.15) is 6.29 Å². The topological polar surface area (TPSA) is 17.1 Å². The minimum absolute atomic E-state index is 0.763. The lowest BCUT2D eigenvalue weighted by Crippen LogP contribution is -1.84. The summed E-state index contributed by atoms with van der Waals surface area (Å²) in [5.41, 5.74) is 0. The highest BCUT2D eigenvalue weighted by atomic mass is 16.1. The number of rotatable bonds is 24. The van der Waals surface area contributed by atoms with Crippen molar-refractivity contribution in [3.63, 3.8) is 0 Å². The van der Waals surface area contributed by atoms with Crippen LogP contribution in [0.1, 0.15) is 161 Å². The molecule has 0 saturated carbocycles. The Hall–Kier alpha value is -0.330. The van der Waals surface area contributed by atoms with Crippen molar-refractivity contribution in [2.24, 2.45) is 0 Å². The van der Waals surface area contributed by atoms with E-state index in [4.69, 9.17) is 0 Å². The number of aldehydes is 1. The second-order valence-electron chi connectivity index (χ2n) is 8.73. The Morgan fingerprint density at radius 2 is 0.593 bits per heavy atom. The molecule has 0 atom stereocenters. The molecular formula is C26H52O. The standard InChI is InChI=1S/C26H52O/c1-2-3-4-5-6-7-8-9-10-11-12-13-14-15-16-17-18-19-20-21-22-23-24-25-26-27/h26H,2-25H2,1H3. The summed E-state index contributed by atoms with van der Waals surface area (Å²) in [5, 5.41) is 0. The van der Waals surface area contributed by atoms with Crippen LogP contribution in [-0.4, -0.2) is 6.29 Å². The van der Waals surface area contributed by atoms with E-state index in [1.54, 1.807) is 0 Å². The van der Waals surface area contributed by atoms with Crippen LogP contribution in [0.25, 0.3) is 0 Å². The molecule has 0 aromatic rings. The van der Waals surface area contributed by atoms with Crippen molar-refractivity contribution < 1.29 is 4.79 Å². The lowest BCUT2D eigenvalue weighted by atomic mass is 10.0. The second kappa shape index (κ2) is 25.7. The third-order valence-electron chi connectivity index (χ3n) is 5.93. The van der Waals surface area contributed by atoms with Gasteiger partial charge in [-0.1, -0.05) is 148 Å². The molecule has 0 spiro atoms. The Morgan fingerprint density at radius 1 is 0.370 bits per heavy atom. The average Bonchev–Trinajstić information content (AvgIpc) is 2.68. The van der Waals surface area contributed by atoms with Crippen LogP contribution >= 0.6 is 0 Å².